The maximum absolute atomic E-state index is 5.30. The van der Waals surface area contributed by atoms with Crippen molar-refractivity contribution in [3.63, 3.8) is 0 Å². The SMILES string of the molecule is c1coc(-c2ccc(SC3CCCCC3)nn2)c1. The van der Waals surface area contributed by atoms with Gasteiger partial charge in [0.15, 0.2) is 5.76 Å². The molecule has 0 N–H and O–H groups in total. The lowest BCUT2D eigenvalue weighted by molar-refractivity contribution is 0.515. The number of aromatic nitrogens is 2. The summed E-state index contributed by atoms with van der Waals surface area (Å²) in [7, 11) is 0. The number of hydrogen-bond acceptors (Lipinski definition) is 4. The zero-order valence-electron chi connectivity index (χ0n) is 10.2. The van der Waals surface area contributed by atoms with E-state index in [2.05, 4.69) is 10.2 Å². The third-order valence-electron chi connectivity index (χ3n) is 3.25. The first kappa shape index (κ1) is 11.8. The van der Waals surface area contributed by atoms with Gasteiger partial charge >= 0.3 is 0 Å². The summed E-state index contributed by atoms with van der Waals surface area (Å²) in [6.07, 6.45) is 8.38. The van der Waals surface area contributed by atoms with Crippen LogP contribution >= 0.6 is 11.8 Å². The van der Waals surface area contributed by atoms with Gasteiger partial charge in [0.25, 0.3) is 0 Å². The van der Waals surface area contributed by atoms with E-state index in [-0.39, 0.29) is 0 Å². The minimum atomic E-state index is 0.725. The molecule has 0 unspecified atom stereocenters. The summed E-state index contributed by atoms with van der Waals surface area (Å²) < 4.78 is 5.30. The molecule has 2 aromatic rings. The maximum atomic E-state index is 5.30. The van der Waals surface area contributed by atoms with Crippen molar-refractivity contribution in [3.8, 4) is 11.5 Å². The van der Waals surface area contributed by atoms with Crippen molar-refractivity contribution in [1.82, 2.24) is 10.2 Å². The zero-order chi connectivity index (χ0) is 12.2. The van der Waals surface area contributed by atoms with Crippen LogP contribution in [0.5, 0.6) is 0 Å². The second-order valence-corrected chi connectivity index (χ2v) is 5.93. The van der Waals surface area contributed by atoms with Crippen LogP contribution in [0.1, 0.15) is 32.1 Å². The van der Waals surface area contributed by atoms with Crippen molar-refractivity contribution in [2.24, 2.45) is 0 Å². The summed E-state index contributed by atoms with van der Waals surface area (Å²) in [6.45, 7) is 0. The lowest BCUT2D eigenvalue weighted by atomic mass is 10.0. The van der Waals surface area contributed by atoms with E-state index in [1.165, 1.54) is 32.1 Å². The molecule has 1 aliphatic rings. The van der Waals surface area contributed by atoms with E-state index >= 15 is 0 Å². The van der Waals surface area contributed by atoms with Gasteiger partial charge in [-0.05, 0) is 37.1 Å². The van der Waals surface area contributed by atoms with Gasteiger partial charge in [0.1, 0.15) is 10.7 Å². The lowest BCUT2D eigenvalue weighted by Crippen LogP contribution is -2.08. The second kappa shape index (κ2) is 5.57. The van der Waals surface area contributed by atoms with E-state index in [9.17, 15) is 0 Å². The fourth-order valence-electron chi connectivity index (χ4n) is 2.29. The van der Waals surface area contributed by atoms with Crippen LogP contribution in [-0.4, -0.2) is 15.4 Å². The third-order valence-corrected chi connectivity index (χ3v) is 4.52. The normalized spacial score (nSPS) is 16.9. The number of thioether (sulfide) groups is 1. The van der Waals surface area contributed by atoms with Crippen molar-refractivity contribution in [2.75, 3.05) is 0 Å². The molecule has 0 aromatic carbocycles. The van der Waals surface area contributed by atoms with Crippen molar-refractivity contribution < 1.29 is 4.42 Å². The molecule has 94 valence electrons. The second-order valence-electron chi connectivity index (χ2n) is 4.61. The molecule has 3 nitrogen and oxygen atoms in total. The molecule has 0 atom stereocenters. The molecule has 0 bridgehead atoms. The van der Waals surface area contributed by atoms with Gasteiger partial charge in [0.05, 0.1) is 6.26 Å². The summed E-state index contributed by atoms with van der Waals surface area (Å²) in [4.78, 5) is 0. The van der Waals surface area contributed by atoms with Crippen LogP contribution in [0.25, 0.3) is 11.5 Å². The van der Waals surface area contributed by atoms with Gasteiger partial charge in [-0.2, -0.15) is 0 Å². The van der Waals surface area contributed by atoms with Crippen LogP contribution in [0.15, 0.2) is 40.0 Å². The Bertz CT molecular complexity index is 475. The van der Waals surface area contributed by atoms with E-state index in [4.69, 9.17) is 4.42 Å². The molecule has 3 rings (SSSR count). The zero-order valence-corrected chi connectivity index (χ0v) is 11.0. The molecule has 0 saturated heterocycles. The monoisotopic (exact) mass is 260 g/mol. The first-order valence-corrected chi connectivity index (χ1v) is 7.34. The topological polar surface area (TPSA) is 38.9 Å². The van der Waals surface area contributed by atoms with Crippen LogP contribution in [0.3, 0.4) is 0 Å². The van der Waals surface area contributed by atoms with Crippen LogP contribution in [0.4, 0.5) is 0 Å². The van der Waals surface area contributed by atoms with Crippen molar-refractivity contribution in [1.29, 1.82) is 0 Å². The Kier molecular flexibility index (Phi) is 3.64. The highest BCUT2D eigenvalue weighted by Crippen LogP contribution is 2.32. The predicted octanol–water partition coefficient (Wildman–Crippen LogP) is 4.16. The van der Waals surface area contributed by atoms with Crippen LogP contribution in [0.2, 0.25) is 0 Å². The number of hydrogen-bond donors (Lipinski definition) is 0. The van der Waals surface area contributed by atoms with Crippen LogP contribution in [0, 0.1) is 0 Å². The summed E-state index contributed by atoms with van der Waals surface area (Å²) in [6, 6.07) is 7.79. The molecule has 0 radical (unpaired) electrons. The summed E-state index contributed by atoms with van der Waals surface area (Å²) in [5.41, 5.74) is 0.799. The van der Waals surface area contributed by atoms with E-state index in [1.54, 1.807) is 6.26 Å². The van der Waals surface area contributed by atoms with E-state index in [0.717, 1.165) is 21.7 Å². The molecule has 18 heavy (non-hydrogen) atoms. The molecular formula is C14H16N2OS. The quantitative estimate of drug-likeness (QED) is 0.830. The predicted molar refractivity (Wildman–Crippen MR) is 72.5 cm³/mol. The molecule has 4 heteroatoms. The summed E-state index contributed by atoms with van der Waals surface area (Å²) in [5, 5.41) is 10.3. The van der Waals surface area contributed by atoms with Crippen LogP contribution in [-0.2, 0) is 0 Å². The van der Waals surface area contributed by atoms with Crippen LogP contribution < -0.4 is 0 Å². The van der Waals surface area contributed by atoms with E-state index in [0.29, 0.717) is 0 Å². The molecule has 1 fully saturated rings. The number of furan rings is 1. The Labute approximate surface area is 111 Å². The van der Waals surface area contributed by atoms with Gasteiger partial charge in [-0.3, -0.25) is 0 Å². The highest BCUT2D eigenvalue weighted by atomic mass is 32.2. The standard InChI is InChI=1S/C14H16N2OS/c1-2-5-11(6-3-1)18-14-9-8-12(15-16-14)13-7-4-10-17-13/h4,7-11H,1-3,5-6H2. The molecule has 1 saturated carbocycles. The molecule has 2 aromatic heterocycles. The average Bonchev–Trinajstić information content (AvgIpc) is 2.95. The Morgan fingerprint density at radius 1 is 1.06 bits per heavy atom. The van der Waals surface area contributed by atoms with Gasteiger partial charge < -0.3 is 4.42 Å². The molecule has 0 spiro atoms. The fraction of sp³-hybridized carbons (Fsp3) is 0.429. The molecule has 0 amide bonds. The van der Waals surface area contributed by atoms with Crippen molar-refractivity contribution in [3.05, 3.63) is 30.5 Å². The van der Waals surface area contributed by atoms with Gasteiger partial charge in [0.2, 0.25) is 0 Å². The molecule has 2 heterocycles. The third kappa shape index (κ3) is 2.75. The van der Waals surface area contributed by atoms with Crippen molar-refractivity contribution in [2.45, 2.75) is 42.4 Å². The minimum absolute atomic E-state index is 0.725. The Morgan fingerprint density at radius 3 is 2.61 bits per heavy atom. The first-order chi connectivity index (χ1) is 8.92. The average molecular weight is 260 g/mol. The molecule has 1 aliphatic carbocycles. The first-order valence-electron chi connectivity index (χ1n) is 6.46. The highest BCUT2D eigenvalue weighted by Gasteiger charge is 2.15. The maximum Gasteiger partial charge on any atom is 0.154 e. The summed E-state index contributed by atoms with van der Waals surface area (Å²) >= 11 is 1.87. The van der Waals surface area contributed by atoms with E-state index in [1.807, 2.05) is 36.0 Å². The summed E-state index contributed by atoms with van der Waals surface area (Å²) in [5.74, 6) is 0.775. The van der Waals surface area contributed by atoms with E-state index < -0.39 is 0 Å². The van der Waals surface area contributed by atoms with Gasteiger partial charge in [-0.1, -0.05) is 19.3 Å². The Hall–Kier alpha value is -1.29. The highest BCUT2D eigenvalue weighted by molar-refractivity contribution is 7.99. The van der Waals surface area contributed by atoms with Gasteiger partial charge in [-0.25, -0.2) is 0 Å². The minimum Gasteiger partial charge on any atom is -0.463 e. The van der Waals surface area contributed by atoms with Crippen molar-refractivity contribution >= 4 is 11.8 Å². The fourth-order valence-corrected chi connectivity index (χ4v) is 3.44. The van der Waals surface area contributed by atoms with Gasteiger partial charge in [0, 0.05) is 5.25 Å². The molecule has 0 aliphatic heterocycles. The smallest absolute Gasteiger partial charge is 0.154 e. The lowest BCUT2D eigenvalue weighted by Gasteiger charge is -2.20. The largest absolute Gasteiger partial charge is 0.463 e. The Morgan fingerprint density at radius 2 is 1.94 bits per heavy atom. The van der Waals surface area contributed by atoms with Gasteiger partial charge in [-0.15, -0.1) is 22.0 Å². The number of nitrogens with zero attached hydrogens (tertiary/aromatic N) is 2. The Balaban J connectivity index is 1.67. The molecular weight excluding hydrogens is 244 g/mol. The number of rotatable bonds is 3.